The van der Waals surface area contributed by atoms with E-state index >= 15 is 0 Å². The van der Waals surface area contributed by atoms with E-state index in [0.717, 1.165) is 50.6 Å². The van der Waals surface area contributed by atoms with Gasteiger partial charge in [-0.1, -0.05) is 12.1 Å². The zero-order chi connectivity index (χ0) is 21.2. The molecule has 1 saturated carbocycles. The van der Waals surface area contributed by atoms with Crippen molar-refractivity contribution in [3.63, 3.8) is 0 Å². The number of carboxylic acids is 1. The van der Waals surface area contributed by atoms with Crippen LogP contribution in [0.1, 0.15) is 47.5 Å². The molecule has 6 nitrogen and oxygen atoms in total. The number of carboxylic acid groups (broad SMARTS) is 1. The number of piperidine rings is 1. The van der Waals surface area contributed by atoms with Gasteiger partial charge in [0.25, 0.3) is 0 Å². The molecule has 0 atom stereocenters. The number of hydrogen-bond acceptors (Lipinski definition) is 4. The van der Waals surface area contributed by atoms with Crippen LogP contribution in [0.4, 0.5) is 0 Å². The average Bonchev–Trinajstić information content (AvgIpc) is 3.54. The molecule has 31 heavy (non-hydrogen) atoms. The first-order valence-electron chi connectivity index (χ1n) is 11.3. The molecule has 6 heteroatoms. The highest BCUT2D eigenvalue weighted by atomic mass is 16.5. The molecule has 2 aromatic heterocycles. The third kappa shape index (κ3) is 4.44. The molecule has 2 fully saturated rings. The average molecular weight is 420 g/mol. The lowest BCUT2D eigenvalue weighted by Crippen LogP contribution is -2.35. The Morgan fingerprint density at radius 3 is 2.68 bits per heavy atom. The maximum Gasteiger partial charge on any atom is 0.339 e. The van der Waals surface area contributed by atoms with Gasteiger partial charge in [0.1, 0.15) is 23.6 Å². The van der Waals surface area contributed by atoms with Gasteiger partial charge in [-0.05, 0) is 80.4 Å². The predicted molar refractivity (Wildman–Crippen MR) is 120 cm³/mol. The number of nitrogens with zero attached hydrogens (tertiary/aromatic N) is 3. The van der Waals surface area contributed by atoms with E-state index in [1.54, 1.807) is 18.2 Å². The second-order valence-electron chi connectivity index (χ2n) is 8.82. The molecular weight excluding hydrogens is 390 g/mol. The van der Waals surface area contributed by atoms with Crippen LogP contribution in [0.5, 0.6) is 5.75 Å². The number of carbonyl (C=O) groups is 1. The fraction of sp³-hybridized carbons (Fsp3) is 0.440. The summed E-state index contributed by atoms with van der Waals surface area (Å²) in [6.07, 6.45) is 9.22. The summed E-state index contributed by atoms with van der Waals surface area (Å²) in [6.45, 7) is 4.47. The molecule has 0 unspecified atom stereocenters. The smallest absolute Gasteiger partial charge is 0.339 e. The normalized spacial score (nSPS) is 17.8. The summed E-state index contributed by atoms with van der Waals surface area (Å²) in [7, 11) is 0. The first-order valence-corrected chi connectivity index (χ1v) is 11.3. The Labute approximate surface area is 182 Å². The minimum absolute atomic E-state index is 0.220. The minimum atomic E-state index is -0.952. The van der Waals surface area contributed by atoms with Gasteiger partial charge in [-0.25, -0.2) is 9.78 Å². The van der Waals surface area contributed by atoms with Gasteiger partial charge >= 0.3 is 5.97 Å². The second-order valence-corrected chi connectivity index (χ2v) is 8.82. The van der Waals surface area contributed by atoms with Gasteiger partial charge in [0.15, 0.2) is 0 Å². The van der Waals surface area contributed by atoms with Gasteiger partial charge in [-0.2, -0.15) is 0 Å². The van der Waals surface area contributed by atoms with Crippen molar-refractivity contribution in [2.24, 2.45) is 5.92 Å². The van der Waals surface area contributed by atoms with Gasteiger partial charge in [-0.15, -0.1) is 0 Å². The lowest BCUT2D eigenvalue weighted by Gasteiger charge is -2.31. The van der Waals surface area contributed by atoms with Crippen molar-refractivity contribution < 1.29 is 14.6 Å². The van der Waals surface area contributed by atoms with Crippen molar-refractivity contribution in [2.45, 2.75) is 38.1 Å². The van der Waals surface area contributed by atoms with E-state index in [2.05, 4.69) is 32.8 Å². The number of rotatable bonds is 8. The van der Waals surface area contributed by atoms with Crippen LogP contribution in [0.3, 0.4) is 0 Å². The van der Waals surface area contributed by atoms with Crippen LogP contribution in [0.15, 0.2) is 48.8 Å². The monoisotopic (exact) mass is 419 g/mol. The van der Waals surface area contributed by atoms with Crippen molar-refractivity contribution in [3.05, 3.63) is 59.9 Å². The highest BCUT2D eigenvalue weighted by Crippen LogP contribution is 2.36. The Morgan fingerprint density at radius 2 is 1.90 bits per heavy atom. The number of hydrogen-bond donors (Lipinski definition) is 1. The summed E-state index contributed by atoms with van der Waals surface area (Å²) < 4.78 is 8.16. The summed E-state index contributed by atoms with van der Waals surface area (Å²) in [5, 5.41) is 10.6. The molecule has 0 spiro atoms. The van der Waals surface area contributed by atoms with Crippen molar-refractivity contribution in [3.8, 4) is 5.75 Å². The Morgan fingerprint density at radius 1 is 1.10 bits per heavy atom. The number of aromatic carboxylic acids is 1. The largest absolute Gasteiger partial charge is 0.491 e. The summed E-state index contributed by atoms with van der Waals surface area (Å²) in [6, 6.07) is 11.1. The Balaban J connectivity index is 1.18. The molecule has 2 aliphatic rings. The number of fused-ring (bicyclic) bond motifs is 1. The number of pyridine rings is 1. The van der Waals surface area contributed by atoms with Crippen molar-refractivity contribution >= 4 is 17.0 Å². The van der Waals surface area contributed by atoms with E-state index < -0.39 is 5.97 Å². The van der Waals surface area contributed by atoms with Crippen LogP contribution in [-0.2, 0) is 6.54 Å². The third-order valence-corrected chi connectivity index (χ3v) is 6.63. The summed E-state index contributed by atoms with van der Waals surface area (Å²) in [5.41, 5.74) is 2.81. The molecular formula is C25H29N3O3. The van der Waals surface area contributed by atoms with Crippen LogP contribution in [0.2, 0.25) is 0 Å². The van der Waals surface area contributed by atoms with Crippen LogP contribution in [-0.4, -0.2) is 51.8 Å². The highest BCUT2D eigenvalue weighted by Gasteiger charge is 2.27. The Kier molecular flexibility index (Phi) is 5.64. The molecule has 0 amide bonds. The quantitative estimate of drug-likeness (QED) is 0.586. The lowest BCUT2D eigenvalue weighted by molar-refractivity contribution is 0.0691. The molecule has 1 aromatic carbocycles. The van der Waals surface area contributed by atoms with Crippen LogP contribution in [0.25, 0.3) is 11.0 Å². The summed E-state index contributed by atoms with van der Waals surface area (Å²) >= 11 is 0. The molecule has 0 radical (unpaired) electrons. The fourth-order valence-corrected chi connectivity index (χ4v) is 4.71. The minimum Gasteiger partial charge on any atom is -0.491 e. The number of likely N-dealkylation sites (tertiary alicyclic amines) is 1. The maximum atomic E-state index is 11.3. The maximum absolute atomic E-state index is 11.3. The lowest BCUT2D eigenvalue weighted by atomic mass is 9.89. The van der Waals surface area contributed by atoms with Gasteiger partial charge in [-0.3, -0.25) is 4.90 Å². The standard InChI is InChI=1S/C25H29N3O3/c29-25(30)21-4-1-2-6-23(21)31-15-14-27-12-9-19(10-13-27)22-17-28(16-18-7-8-18)24-20(22)5-3-11-26-24/h1-6,11,17-19H,7-10,12-16H2,(H,29,30). The topological polar surface area (TPSA) is 67.6 Å². The first-order chi connectivity index (χ1) is 15.2. The molecule has 162 valence electrons. The predicted octanol–water partition coefficient (Wildman–Crippen LogP) is 4.40. The number of para-hydroxylation sites is 1. The highest BCUT2D eigenvalue weighted by molar-refractivity contribution is 5.90. The van der Waals surface area contributed by atoms with Crippen LogP contribution < -0.4 is 4.74 Å². The SMILES string of the molecule is O=C(O)c1ccccc1OCCN1CCC(c2cn(CC3CC3)c3ncccc23)CC1. The molecule has 1 aliphatic heterocycles. The molecule has 5 rings (SSSR count). The number of ether oxygens (including phenoxy) is 1. The second kappa shape index (κ2) is 8.71. The summed E-state index contributed by atoms with van der Waals surface area (Å²) in [4.78, 5) is 18.4. The van der Waals surface area contributed by atoms with E-state index in [4.69, 9.17) is 4.74 Å². The first kappa shape index (κ1) is 20.1. The molecule has 1 aliphatic carbocycles. The Hall–Kier alpha value is -2.86. The Bertz CT molecular complexity index is 1060. The van der Waals surface area contributed by atoms with Crippen LogP contribution in [0, 0.1) is 5.92 Å². The van der Waals surface area contributed by atoms with Crippen LogP contribution >= 0.6 is 0 Å². The van der Waals surface area contributed by atoms with Gasteiger partial charge in [0.05, 0.1) is 0 Å². The van der Waals surface area contributed by atoms with E-state index in [0.29, 0.717) is 18.3 Å². The summed E-state index contributed by atoms with van der Waals surface area (Å²) in [5.74, 6) is 0.892. The molecule has 0 bridgehead atoms. The van der Waals surface area contributed by atoms with E-state index in [1.165, 1.54) is 23.8 Å². The van der Waals surface area contributed by atoms with E-state index in [9.17, 15) is 9.90 Å². The van der Waals surface area contributed by atoms with Gasteiger partial charge in [0, 0.05) is 30.9 Å². The molecule has 1 N–H and O–H groups in total. The van der Waals surface area contributed by atoms with Crippen molar-refractivity contribution in [2.75, 3.05) is 26.2 Å². The van der Waals surface area contributed by atoms with E-state index in [1.807, 2.05) is 12.3 Å². The number of aromatic nitrogens is 2. The number of benzene rings is 1. The molecule has 3 aromatic rings. The molecule has 1 saturated heterocycles. The zero-order valence-electron chi connectivity index (χ0n) is 17.7. The van der Waals surface area contributed by atoms with Crippen molar-refractivity contribution in [1.29, 1.82) is 0 Å². The van der Waals surface area contributed by atoms with E-state index in [-0.39, 0.29) is 5.56 Å². The molecule has 3 heterocycles. The third-order valence-electron chi connectivity index (χ3n) is 6.63. The fourth-order valence-electron chi connectivity index (χ4n) is 4.71. The van der Waals surface area contributed by atoms with Crippen molar-refractivity contribution in [1.82, 2.24) is 14.5 Å². The van der Waals surface area contributed by atoms with Gasteiger partial charge < -0.3 is 14.4 Å². The van der Waals surface area contributed by atoms with Gasteiger partial charge in [0.2, 0.25) is 0 Å². The zero-order valence-corrected chi connectivity index (χ0v) is 17.7.